The lowest BCUT2D eigenvalue weighted by atomic mass is 9.94. The summed E-state index contributed by atoms with van der Waals surface area (Å²) in [5, 5.41) is 0. The quantitative estimate of drug-likeness (QED) is 0.775. The molecular formula is C20H21NO4. The molecule has 25 heavy (non-hydrogen) atoms. The fraction of sp³-hybridized carbons (Fsp3) is 0.400. The third-order valence-corrected chi connectivity index (χ3v) is 5.19. The molecule has 1 aromatic carbocycles. The second kappa shape index (κ2) is 6.84. The first-order valence-corrected chi connectivity index (χ1v) is 8.69. The van der Waals surface area contributed by atoms with Crippen LogP contribution in [0, 0.1) is 11.3 Å². The molecule has 1 unspecified atom stereocenters. The fourth-order valence-corrected chi connectivity index (χ4v) is 3.53. The van der Waals surface area contributed by atoms with E-state index >= 15 is 0 Å². The molecule has 1 saturated heterocycles. The Hall–Kier alpha value is -2.40. The van der Waals surface area contributed by atoms with Crippen LogP contribution in [-0.4, -0.2) is 30.8 Å². The van der Waals surface area contributed by atoms with Gasteiger partial charge in [-0.1, -0.05) is 12.1 Å². The molecule has 0 N–H and O–H groups in total. The van der Waals surface area contributed by atoms with Crippen LogP contribution in [0.15, 0.2) is 48.7 Å². The van der Waals surface area contributed by atoms with Crippen molar-refractivity contribution in [1.29, 1.82) is 0 Å². The molecule has 2 fully saturated rings. The van der Waals surface area contributed by atoms with Crippen molar-refractivity contribution in [3.8, 4) is 11.6 Å². The van der Waals surface area contributed by atoms with E-state index in [1.54, 1.807) is 36.5 Å². The number of carbonyl (C=O) groups is 1. The third-order valence-electron chi connectivity index (χ3n) is 5.19. The van der Waals surface area contributed by atoms with Crippen LogP contribution in [-0.2, 0) is 9.47 Å². The van der Waals surface area contributed by atoms with Crippen LogP contribution in [0.25, 0.3) is 0 Å². The zero-order chi connectivity index (χ0) is 17.1. The number of esters is 1. The van der Waals surface area contributed by atoms with Crippen molar-refractivity contribution in [2.24, 2.45) is 11.3 Å². The Balaban J connectivity index is 1.34. The average molecular weight is 339 g/mol. The van der Waals surface area contributed by atoms with Crippen LogP contribution in [0.5, 0.6) is 11.6 Å². The van der Waals surface area contributed by atoms with E-state index in [0.717, 1.165) is 32.5 Å². The van der Waals surface area contributed by atoms with Gasteiger partial charge in [-0.2, -0.15) is 0 Å². The Morgan fingerprint density at radius 3 is 2.88 bits per heavy atom. The third kappa shape index (κ3) is 3.66. The van der Waals surface area contributed by atoms with E-state index in [0.29, 0.717) is 35.1 Å². The lowest BCUT2D eigenvalue weighted by molar-refractivity contribution is 0.0339. The summed E-state index contributed by atoms with van der Waals surface area (Å²) in [4.78, 5) is 16.5. The van der Waals surface area contributed by atoms with Crippen LogP contribution < -0.4 is 4.74 Å². The Morgan fingerprint density at radius 2 is 2.08 bits per heavy atom. The smallest absolute Gasteiger partial charge is 0.338 e. The van der Waals surface area contributed by atoms with Gasteiger partial charge in [-0.15, -0.1) is 0 Å². The van der Waals surface area contributed by atoms with Crippen molar-refractivity contribution in [2.45, 2.75) is 19.3 Å². The fourth-order valence-electron chi connectivity index (χ4n) is 3.53. The van der Waals surface area contributed by atoms with Crippen LogP contribution in [0.1, 0.15) is 29.6 Å². The van der Waals surface area contributed by atoms with Crippen molar-refractivity contribution < 1.29 is 19.0 Å². The molecule has 1 aliphatic heterocycles. The van der Waals surface area contributed by atoms with Crippen LogP contribution in [0.2, 0.25) is 0 Å². The van der Waals surface area contributed by atoms with Crippen molar-refractivity contribution in [1.82, 2.24) is 4.98 Å². The Bertz CT molecular complexity index is 740. The lowest BCUT2D eigenvalue weighted by Crippen LogP contribution is -2.20. The van der Waals surface area contributed by atoms with Gasteiger partial charge in [0.1, 0.15) is 5.75 Å². The second-order valence-corrected chi connectivity index (χ2v) is 6.77. The minimum atomic E-state index is -0.305. The van der Waals surface area contributed by atoms with Gasteiger partial charge in [0.05, 0.1) is 12.2 Å². The number of pyridine rings is 1. The highest BCUT2D eigenvalue weighted by molar-refractivity contribution is 5.89. The molecule has 1 saturated carbocycles. The van der Waals surface area contributed by atoms with Gasteiger partial charge in [-0.3, -0.25) is 0 Å². The number of nitrogens with zero attached hydrogens (tertiary/aromatic N) is 1. The summed E-state index contributed by atoms with van der Waals surface area (Å²) in [6.45, 7) is 2.15. The summed E-state index contributed by atoms with van der Waals surface area (Å²) in [6, 6.07) is 12.4. The first kappa shape index (κ1) is 16.1. The first-order chi connectivity index (χ1) is 12.3. The molecule has 5 heteroatoms. The number of benzene rings is 1. The zero-order valence-corrected chi connectivity index (χ0v) is 14.0. The molecule has 2 aliphatic rings. The molecule has 2 aromatic rings. The van der Waals surface area contributed by atoms with Gasteiger partial charge in [-0.05, 0) is 54.9 Å². The Kier molecular flexibility index (Phi) is 4.40. The minimum absolute atomic E-state index is 0.305. The molecule has 1 aromatic heterocycles. The van der Waals surface area contributed by atoms with Crippen molar-refractivity contribution in [3.63, 3.8) is 0 Å². The SMILES string of the molecule is O=C(OCC1CC12CCOCC2)c1cccc(Oc2ccccn2)c1. The minimum Gasteiger partial charge on any atom is -0.462 e. The molecular weight excluding hydrogens is 318 g/mol. The highest BCUT2D eigenvalue weighted by Gasteiger charge is 2.54. The average Bonchev–Trinajstić information content (AvgIpc) is 3.32. The highest BCUT2D eigenvalue weighted by atomic mass is 16.5. The summed E-state index contributed by atoms with van der Waals surface area (Å²) >= 11 is 0. The van der Waals surface area contributed by atoms with Gasteiger partial charge >= 0.3 is 5.97 Å². The van der Waals surface area contributed by atoms with Gasteiger partial charge in [0, 0.05) is 25.5 Å². The predicted octanol–water partition coefficient (Wildman–Crippen LogP) is 3.85. The van der Waals surface area contributed by atoms with E-state index in [1.807, 2.05) is 12.1 Å². The number of rotatable bonds is 5. The number of carbonyl (C=O) groups excluding carboxylic acids is 1. The van der Waals surface area contributed by atoms with E-state index in [-0.39, 0.29) is 5.97 Å². The molecule has 1 aliphatic carbocycles. The molecule has 4 rings (SSSR count). The summed E-state index contributed by atoms with van der Waals surface area (Å²) in [7, 11) is 0. The molecule has 0 amide bonds. The maximum absolute atomic E-state index is 12.3. The largest absolute Gasteiger partial charge is 0.462 e. The van der Waals surface area contributed by atoms with E-state index in [4.69, 9.17) is 14.2 Å². The summed E-state index contributed by atoms with van der Waals surface area (Å²) in [6.07, 6.45) is 4.98. The molecule has 0 bridgehead atoms. The zero-order valence-electron chi connectivity index (χ0n) is 14.0. The molecule has 2 heterocycles. The summed E-state index contributed by atoms with van der Waals surface area (Å²) in [5.74, 6) is 1.24. The molecule has 1 spiro atoms. The maximum atomic E-state index is 12.3. The number of hydrogen-bond acceptors (Lipinski definition) is 5. The normalized spacial score (nSPS) is 20.9. The number of hydrogen-bond donors (Lipinski definition) is 0. The Morgan fingerprint density at radius 1 is 1.20 bits per heavy atom. The van der Waals surface area contributed by atoms with Gasteiger partial charge in [0.15, 0.2) is 0 Å². The maximum Gasteiger partial charge on any atom is 0.338 e. The van der Waals surface area contributed by atoms with Crippen molar-refractivity contribution in [2.75, 3.05) is 19.8 Å². The van der Waals surface area contributed by atoms with Gasteiger partial charge < -0.3 is 14.2 Å². The highest BCUT2D eigenvalue weighted by Crippen LogP contribution is 2.59. The predicted molar refractivity (Wildman–Crippen MR) is 91.6 cm³/mol. The van der Waals surface area contributed by atoms with Gasteiger partial charge in [0.2, 0.25) is 5.88 Å². The van der Waals surface area contributed by atoms with Crippen LogP contribution in [0.3, 0.4) is 0 Å². The van der Waals surface area contributed by atoms with Crippen LogP contribution >= 0.6 is 0 Å². The van der Waals surface area contributed by atoms with Gasteiger partial charge in [0.25, 0.3) is 0 Å². The van der Waals surface area contributed by atoms with E-state index in [1.165, 1.54) is 0 Å². The molecule has 130 valence electrons. The monoisotopic (exact) mass is 339 g/mol. The number of ether oxygens (including phenoxy) is 3. The topological polar surface area (TPSA) is 57.7 Å². The Labute approximate surface area is 146 Å². The molecule has 0 radical (unpaired) electrons. The second-order valence-electron chi connectivity index (χ2n) is 6.77. The van der Waals surface area contributed by atoms with Crippen molar-refractivity contribution in [3.05, 3.63) is 54.2 Å². The standard InChI is InChI=1S/C20H21NO4/c22-19(24-14-16-13-20(16)7-10-23-11-8-20)15-4-3-5-17(12-15)25-18-6-1-2-9-21-18/h1-6,9,12,16H,7-8,10-11,13-14H2. The van der Waals surface area contributed by atoms with Crippen molar-refractivity contribution >= 4 is 5.97 Å². The van der Waals surface area contributed by atoms with E-state index in [2.05, 4.69) is 4.98 Å². The lowest BCUT2D eigenvalue weighted by Gasteiger charge is -2.22. The van der Waals surface area contributed by atoms with Gasteiger partial charge in [-0.25, -0.2) is 9.78 Å². The first-order valence-electron chi connectivity index (χ1n) is 8.69. The van der Waals surface area contributed by atoms with E-state index < -0.39 is 0 Å². The number of aromatic nitrogens is 1. The molecule has 1 atom stereocenters. The summed E-state index contributed by atoms with van der Waals surface area (Å²) in [5.41, 5.74) is 0.859. The molecule has 5 nitrogen and oxygen atoms in total. The summed E-state index contributed by atoms with van der Waals surface area (Å²) < 4.78 is 16.6. The van der Waals surface area contributed by atoms with Crippen LogP contribution in [0.4, 0.5) is 0 Å². The van der Waals surface area contributed by atoms with E-state index in [9.17, 15) is 4.79 Å².